The molecule has 0 bridgehead atoms. The summed E-state index contributed by atoms with van der Waals surface area (Å²) in [6, 6.07) is 0. The standard InChI is InChI=1S/HNO2.2Na.H3O4P.2H/c2-1-3;;;1-5(2,3)4;;/h(H,2,3);;;(H3,1,2,3,4);;/q;2*+1;;2*-1. The summed E-state index contributed by atoms with van der Waals surface area (Å²) >= 11 is 0. The van der Waals surface area contributed by atoms with Crippen molar-refractivity contribution in [2.45, 2.75) is 0 Å². The van der Waals surface area contributed by atoms with Gasteiger partial charge in [0.25, 0.3) is 0 Å². The molecule has 0 amide bonds. The van der Waals surface area contributed by atoms with Gasteiger partial charge in [0.05, 0.1) is 0 Å². The molecular formula is H6NNa2O6P. The second-order valence-electron chi connectivity index (χ2n) is 0.595. The Morgan fingerprint density at radius 1 is 1.20 bits per heavy atom. The fourth-order valence-electron chi connectivity index (χ4n) is 0. The van der Waals surface area contributed by atoms with E-state index in [1.807, 2.05) is 0 Å². The zero-order chi connectivity index (χ0) is 7.21. The Morgan fingerprint density at radius 2 is 1.20 bits per heavy atom. The maximum Gasteiger partial charge on any atom is 1.00 e. The molecule has 0 aliphatic carbocycles. The molecule has 0 saturated carbocycles. The van der Waals surface area contributed by atoms with E-state index in [9.17, 15) is 0 Å². The normalized spacial score (nSPS) is 7.10. The summed E-state index contributed by atoms with van der Waals surface area (Å²) in [4.78, 5) is 29.7. The predicted molar refractivity (Wildman–Crippen MR) is 24.1 cm³/mol. The Hall–Kier alpha value is 1.51. The minimum Gasteiger partial charge on any atom is -1.00 e. The van der Waals surface area contributed by atoms with Crippen LogP contribution in [0.1, 0.15) is 2.85 Å². The van der Waals surface area contributed by atoms with Crippen LogP contribution in [0.3, 0.4) is 0 Å². The van der Waals surface area contributed by atoms with Gasteiger partial charge in [0.2, 0.25) is 0 Å². The van der Waals surface area contributed by atoms with Crippen molar-refractivity contribution in [3.8, 4) is 0 Å². The van der Waals surface area contributed by atoms with E-state index in [0.717, 1.165) is 0 Å². The molecule has 0 atom stereocenters. The van der Waals surface area contributed by atoms with Gasteiger partial charge in [-0.25, -0.2) is 4.57 Å². The van der Waals surface area contributed by atoms with Crippen LogP contribution in [-0.4, -0.2) is 19.9 Å². The van der Waals surface area contributed by atoms with Crippen LogP contribution >= 0.6 is 7.82 Å². The maximum absolute atomic E-state index is 8.88. The van der Waals surface area contributed by atoms with Crippen LogP contribution in [0.4, 0.5) is 0 Å². The Morgan fingerprint density at radius 3 is 1.20 bits per heavy atom. The second-order valence-corrected chi connectivity index (χ2v) is 1.62. The van der Waals surface area contributed by atoms with Crippen LogP contribution in [0.5, 0.6) is 0 Å². The van der Waals surface area contributed by atoms with Crippen molar-refractivity contribution in [1.29, 1.82) is 0 Å². The Labute approximate surface area is 104 Å². The smallest absolute Gasteiger partial charge is 1.00 e. The molecule has 0 saturated heterocycles. The zero-order valence-electron chi connectivity index (χ0n) is 7.50. The van der Waals surface area contributed by atoms with E-state index in [1.165, 1.54) is 5.34 Å². The van der Waals surface area contributed by atoms with Crippen molar-refractivity contribution in [2.24, 2.45) is 5.34 Å². The van der Waals surface area contributed by atoms with Crippen molar-refractivity contribution in [1.82, 2.24) is 0 Å². The molecule has 0 unspecified atom stereocenters. The van der Waals surface area contributed by atoms with E-state index in [1.54, 1.807) is 0 Å². The first-order chi connectivity index (χ1) is 3.41. The largest absolute Gasteiger partial charge is 1.00 e. The van der Waals surface area contributed by atoms with Gasteiger partial charge in [-0.2, -0.15) is 0 Å². The molecule has 10 heavy (non-hydrogen) atoms. The van der Waals surface area contributed by atoms with Gasteiger partial charge in [-0.05, 0) is 0 Å². The Balaban J connectivity index is -0.0000000119. The van der Waals surface area contributed by atoms with Gasteiger partial charge in [0.1, 0.15) is 0 Å². The molecule has 0 radical (unpaired) electrons. The minimum absolute atomic E-state index is 0. The molecule has 7 nitrogen and oxygen atoms in total. The summed E-state index contributed by atoms with van der Waals surface area (Å²) in [5.41, 5.74) is 0. The van der Waals surface area contributed by atoms with Crippen LogP contribution in [0, 0.1) is 4.91 Å². The summed E-state index contributed by atoms with van der Waals surface area (Å²) in [5.74, 6) is 0. The summed E-state index contributed by atoms with van der Waals surface area (Å²) in [5, 5.41) is 7.89. The molecule has 0 aromatic heterocycles. The van der Waals surface area contributed by atoms with E-state index in [-0.39, 0.29) is 62.0 Å². The average molecular weight is 193 g/mol. The van der Waals surface area contributed by atoms with Gasteiger partial charge in [0, 0.05) is 0 Å². The van der Waals surface area contributed by atoms with E-state index in [4.69, 9.17) is 29.4 Å². The number of hydrogen-bond donors (Lipinski definition) is 4. The minimum atomic E-state index is -4.64. The molecule has 0 aliphatic heterocycles. The molecule has 0 fully saturated rings. The maximum atomic E-state index is 8.88. The summed E-state index contributed by atoms with van der Waals surface area (Å²) < 4.78 is 8.88. The summed E-state index contributed by atoms with van der Waals surface area (Å²) in [6.07, 6.45) is 0. The first kappa shape index (κ1) is 22.5. The molecule has 4 N–H and O–H groups in total. The van der Waals surface area contributed by atoms with Crippen molar-refractivity contribution < 1.29 is 86.4 Å². The average Bonchev–Trinajstić information content (AvgIpc) is 1.27. The van der Waals surface area contributed by atoms with Crippen LogP contribution < -0.4 is 59.1 Å². The fraction of sp³-hybridized carbons (Fsp3) is 0. The van der Waals surface area contributed by atoms with Gasteiger partial charge < -0.3 is 22.7 Å². The van der Waals surface area contributed by atoms with Gasteiger partial charge in [-0.15, -0.1) is 4.91 Å². The molecule has 0 aromatic rings. The van der Waals surface area contributed by atoms with Gasteiger partial charge in [-0.3, -0.25) is 0 Å². The number of rotatable bonds is 0. The van der Waals surface area contributed by atoms with E-state index < -0.39 is 7.82 Å². The van der Waals surface area contributed by atoms with E-state index in [0.29, 0.717) is 0 Å². The topological polar surface area (TPSA) is 127 Å². The van der Waals surface area contributed by atoms with E-state index >= 15 is 0 Å². The molecule has 54 valence electrons. The summed E-state index contributed by atoms with van der Waals surface area (Å²) in [6.45, 7) is 0. The van der Waals surface area contributed by atoms with Crippen LogP contribution in [-0.2, 0) is 4.57 Å². The number of hydrogen-bond acceptors (Lipinski definition) is 3. The summed E-state index contributed by atoms with van der Waals surface area (Å²) in [7, 11) is -4.64. The molecule has 0 heterocycles. The van der Waals surface area contributed by atoms with Crippen molar-refractivity contribution in [3.63, 3.8) is 0 Å². The van der Waals surface area contributed by atoms with Crippen LogP contribution in [0.25, 0.3) is 0 Å². The molecular weight excluding hydrogens is 187 g/mol. The van der Waals surface area contributed by atoms with Gasteiger partial charge >= 0.3 is 66.9 Å². The van der Waals surface area contributed by atoms with E-state index in [2.05, 4.69) is 0 Å². The first-order valence-corrected chi connectivity index (χ1v) is 2.73. The third-order valence-electron chi connectivity index (χ3n) is 0. The number of nitrogens with zero attached hydrogens (tertiary/aromatic N) is 1. The fourth-order valence-corrected chi connectivity index (χ4v) is 0. The SMILES string of the molecule is O=NO.O=P(O)(O)O.[H-].[H-].[Na+].[Na+]. The third-order valence-corrected chi connectivity index (χ3v) is 0. The quantitative estimate of drug-likeness (QED) is 0.131. The Bertz CT molecular complexity index is 97.5. The number of phosphoric acid groups is 1. The zero-order valence-corrected chi connectivity index (χ0v) is 10.4. The molecule has 0 spiro atoms. The molecule has 10 heteroatoms. The van der Waals surface area contributed by atoms with Crippen LogP contribution in [0.2, 0.25) is 0 Å². The van der Waals surface area contributed by atoms with Gasteiger partial charge in [0.15, 0.2) is 5.34 Å². The van der Waals surface area contributed by atoms with Gasteiger partial charge in [-0.1, -0.05) is 0 Å². The third kappa shape index (κ3) is 302. The first-order valence-electron chi connectivity index (χ1n) is 1.17. The monoisotopic (exact) mass is 193 g/mol. The predicted octanol–water partition coefficient (Wildman–Crippen LogP) is -6.55. The molecule has 0 aromatic carbocycles. The second kappa shape index (κ2) is 13.1. The Kier molecular flexibility index (Phi) is 29.6. The van der Waals surface area contributed by atoms with Crippen LogP contribution in [0.15, 0.2) is 5.34 Å². The molecule has 0 rings (SSSR count). The molecule has 0 aliphatic rings. The van der Waals surface area contributed by atoms with Crippen molar-refractivity contribution in [2.75, 3.05) is 0 Å². The van der Waals surface area contributed by atoms with Crippen molar-refractivity contribution >= 4 is 7.82 Å². The van der Waals surface area contributed by atoms with Crippen molar-refractivity contribution in [3.05, 3.63) is 4.91 Å².